The molecular weight excluding hydrogens is 260 g/mol. The SMILES string of the molecule is BrCCCCCC=CCCc1ccccc1. The molecule has 0 aliphatic rings. The van der Waals surface area contributed by atoms with Gasteiger partial charge in [0.05, 0.1) is 0 Å². The summed E-state index contributed by atoms with van der Waals surface area (Å²) in [6, 6.07) is 10.7. The van der Waals surface area contributed by atoms with Gasteiger partial charge in [-0.3, -0.25) is 0 Å². The van der Waals surface area contributed by atoms with Crippen LogP contribution in [0.25, 0.3) is 0 Å². The van der Waals surface area contributed by atoms with Gasteiger partial charge in [-0.25, -0.2) is 0 Å². The Hall–Kier alpha value is -0.560. The van der Waals surface area contributed by atoms with Gasteiger partial charge in [-0.15, -0.1) is 0 Å². The molecule has 16 heavy (non-hydrogen) atoms. The second-order valence-electron chi connectivity index (χ2n) is 4.03. The summed E-state index contributed by atoms with van der Waals surface area (Å²) >= 11 is 3.45. The van der Waals surface area contributed by atoms with Gasteiger partial charge in [-0.05, 0) is 37.7 Å². The van der Waals surface area contributed by atoms with Gasteiger partial charge in [-0.1, -0.05) is 64.8 Å². The first-order chi connectivity index (χ1) is 7.93. The molecule has 0 saturated heterocycles. The Bertz CT molecular complexity index is 277. The second-order valence-corrected chi connectivity index (χ2v) is 4.83. The lowest BCUT2D eigenvalue weighted by Crippen LogP contribution is -1.81. The third-order valence-corrected chi connectivity index (χ3v) is 3.17. The number of hydrogen-bond acceptors (Lipinski definition) is 0. The van der Waals surface area contributed by atoms with Gasteiger partial charge in [-0.2, -0.15) is 0 Å². The van der Waals surface area contributed by atoms with Crippen LogP contribution < -0.4 is 0 Å². The molecule has 0 fully saturated rings. The zero-order chi connectivity index (χ0) is 11.5. The maximum absolute atomic E-state index is 3.45. The Morgan fingerprint density at radius 1 is 0.875 bits per heavy atom. The minimum Gasteiger partial charge on any atom is -0.0928 e. The molecule has 1 aromatic carbocycles. The van der Waals surface area contributed by atoms with E-state index in [9.17, 15) is 0 Å². The molecule has 0 amide bonds. The van der Waals surface area contributed by atoms with Gasteiger partial charge in [0.1, 0.15) is 0 Å². The van der Waals surface area contributed by atoms with Crippen molar-refractivity contribution in [3.8, 4) is 0 Å². The van der Waals surface area contributed by atoms with Crippen molar-refractivity contribution in [3.05, 3.63) is 48.0 Å². The minimum atomic E-state index is 1.14. The van der Waals surface area contributed by atoms with Gasteiger partial charge in [0, 0.05) is 5.33 Å². The van der Waals surface area contributed by atoms with Crippen LogP contribution in [-0.4, -0.2) is 5.33 Å². The first-order valence-corrected chi connectivity index (χ1v) is 7.30. The zero-order valence-corrected chi connectivity index (χ0v) is 11.5. The van der Waals surface area contributed by atoms with Gasteiger partial charge >= 0.3 is 0 Å². The van der Waals surface area contributed by atoms with E-state index in [-0.39, 0.29) is 0 Å². The number of aryl methyl sites for hydroxylation is 1. The van der Waals surface area contributed by atoms with E-state index in [1.165, 1.54) is 44.1 Å². The van der Waals surface area contributed by atoms with Crippen LogP contribution in [0.15, 0.2) is 42.5 Å². The molecule has 88 valence electrons. The van der Waals surface area contributed by atoms with Crippen molar-refractivity contribution < 1.29 is 0 Å². The van der Waals surface area contributed by atoms with Crippen LogP contribution >= 0.6 is 15.9 Å². The summed E-state index contributed by atoms with van der Waals surface area (Å²) in [5.41, 5.74) is 1.44. The average Bonchev–Trinajstić information content (AvgIpc) is 2.34. The number of allylic oxidation sites excluding steroid dienone is 2. The van der Waals surface area contributed by atoms with Crippen molar-refractivity contribution in [2.24, 2.45) is 0 Å². The van der Waals surface area contributed by atoms with E-state index in [2.05, 4.69) is 58.4 Å². The first-order valence-electron chi connectivity index (χ1n) is 6.18. The summed E-state index contributed by atoms with van der Waals surface area (Å²) in [5, 5.41) is 1.14. The normalized spacial score (nSPS) is 11.1. The summed E-state index contributed by atoms with van der Waals surface area (Å²) in [5.74, 6) is 0. The molecule has 0 aliphatic heterocycles. The number of benzene rings is 1. The topological polar surface area (TPSA) is 0 Å². The molecule has 1 aromatic rings. The van der Waals surface area contributed by atoms with Gasteiger partial charge in [0.15, 0.2) is 0 Å². The molecule has 0 saturated carbocycles. The van der Waals surface area contributed by atoms with E-state index in [0.717, 1.165) is 5.33 Å². The molecule has 0 N–H and O–H groups in total. The molecule has 0 nitrogen and oxygen atoms in total. The highest BCUT2D eigenvalue weighted by atomic mass is 79.9. The Balaban J connectivity index is 2.00. The van der Waals surface area contributed by atoms with Gasteiger partial charge in [0.2, 0.25) is 0 Å². The fourth-order valence-corrected chi connectivity index (χ4v) is 2.06. The van der Waals surface area contributed by atoms with Crippen LogP contribution in [0.1, 0.15) is 37.7 Å². The number of rotatable bonds is 8. The summed E-state index contributed by atoms with van der Waals surface area (Å²) in [7, 11) is 0. The van der Waals surface area contributed by atoms with E-state index < -0.39 is 0 Å². The van der Waals surface area contributed by atoms with Crippen molar-refractivity contribution in [1.29, 1.82) is 0 Å². The van der Waals surface area contributed by atoms with Crippen LogP contribution in [0.3, 0.4) is 0 Å². The van der Waals surface area contributed by atoms with E-state index in [0.29, 0.717) is 0 Å². The molecule has 0 aliphatic carbocycles. The summed E-state index contributed by atoms with van der Waals surface area (Å²) < 4.78 is 0. The first kappa shape index (κ1) is 13.5. The average molecular weight is 281 g/mol. The molecule has 0 heterocycles. The fourth-order valence-electron chi connectivity index (χ4n) is 1.66. The Kier molecular flexibility index (Phi) is 8.15. The second kappa shape index (κ2) is 9.65. The molecule has 1 heteroatoms. The quantitative estimate of drug-likeness (QED) is 0.352. The largest absolute Gasteiger partial charge is 0.0928 e. The fraction of sp³-hybridized carbons (Fsp3) is 0.467. The number of halogens is 1. The molecule has 0 unspecified atom stereocenters. The van der Waals surface area contributed by atoms with E-state index >= 15 is 0 Å². The molecular formula is C15H21Br. The zero-order valence-electron chi connectivity index (χ0n) is 9.87. The van der Waals surface area contributed by atoms with Crippen molar-refractivity contribution in [3.63, 3.8) is 0 Å². The monoisotopic (exact) mass is 280 g/mol. The van der Waals surface area contributed by atoms with Gasteiger partial charge < -0.3 is 0 Å². The molecule has 0 bridgehead atoms. The molecule has 0 atom stereocenters. The lowest BCUT2D eigenvalue weighted by Gasteiger charge is -1.97. The number of unbranched alkanes of at least 4 members (excludes halogenated alkanes) is 3. The highest BCUT2D eigenvalue weighted by molar-refractivity contribution is 9.09. The number of alkyl halides is 1. The highest BCUT2D eigenvalue weighted by Crippen LogP contribution is 2.05. The summed E-state index contributed by atoms with van der Waals surface area (Å²) in [6.07, 6.45) is 12.2. The third kappa shape index (κ3) is 6.84. The standard InChI is InChI=1S/C15H21Br/c16-14-10-5-3-1-2-4-7-11-15-12-8-6-9-13-15/h2,4,6,8-9,12-13H,1,3,5,7,10-11,14H2. The summed E-state index contributed by atoms with van der Waals surface area (Å²) in [6.45, 7) is 0. The van der Waals surface area contributed by atoms with Crippen molar-refractivity contribution in [1.82, 2.24) is 0 Å². The highest BCUT2D eigenvalue weighted by Gasteiger charge is 1.88. The van der Waals surface area contributed by atoms with Crippen LogP contribution in [-0.2, 0) is 6.42 Å². The molecule has 0 spiro atoms. The Morgan fingerprint density at radius 3 is 2.38 bits per heavy atom. The van der Waals surface area contributed by atoms with Crippen LogP contribution in [0, 0.1) is 0 Å². The van der Waals surface area contributed by atoms with Crippen LogP contribution in [0.4, 0.5) is 0 Å². The van der Waals surface area contributed by atoms with E-state index in [1.807, 2.05) is 0 Å². The Morgan fingerprint density at radius 2 is 1.62 bits per heavy atom. The van der Waals surface area contributed by atoms with E-state index in [4.69, 9.17) is 0 Å². The van der Waals surface area contributed by atoms with Crippen molar-refractivity contribution >= 4 is 15.9 Å². The van der Waals surface area contributed by atoms with Crippen LogP contribution in [0.5, 0.6) is 0 Å². The smallest absolute Gasteiger partial charge is 0.00313 e. The Labute approximate surface area is 108 Å². The minimum absolute atomic E-state index is 1.14. The predicted molar refractivity (Wildman–Crippen MR) is 76.2 cm³/mol. The maximum atomic E-state index is 3.45. The predicted octanol–water partition coefficient (Wildman–Crippen LogP) is 5.13. The van der Waals surface area contributed by atoms with Crippen LogP contribution in [0.2, 0.25) is 0 Å². The lowest BCUT2D eigenvalue weighted by atomic mass is 10.1. The van der Waals surface area contributed by atoms with Crippen molar-refractivity contribution in [2.45, 2.75) is 38.5 Å². The van der Waals surface area contributed by atoms with Gasteiger partial charge in [0.25, 0.3) is 0 Å². The number of hydrogen-bond donors (Lipinski definition) is 0. The third-order valence-electron chi connectivity index (χ3n) is 2.61. The maximum Gasteiger partial charge on any atom is 0.00313 e. The summed E-state index contributed by atoms with van der Waals surface area (Å²) in [4.78, 5) is 0. The molecule has 0 radical (unpaired) electrons. The van der Waals surface area contributed by atoms with Crippen molar-refractivity contribution in [2.75, 3.05) is 5.33 Å². The lowest BCUT2D eigenvalue weighted by molar-refractivity contribution is 0.735. The molecule has 1 rings (SSSR count). The van der Waals surface area contributed by atoms with E-state index in [1.54, 1.807) is 0 Å². The molecule has 0 aromatic heterocycles.